The molecule has 0 unspecified atom stereocenters. The van der Waals surface area contributed by atoms with E-state index in [2.05, 4.69) is 13.2 Å². The van der Waals surface area contributed by atoms with Gasteiger partial charge in [-0.2, -0.15) is 11.3 Å². The number of methoxy groups -OCH3 is 1. The van der Waals surface area contributed by atoms with Gasteiger partial charge in [0.1, 0.15) is 0 Å². The van der Waals surface area contributed by atoms with E-state index in [0.29, 0.717) is 23.1 Å². The Balaban J connectivity index is 2.78. The Hall–Kier alpha value is -2.54. The van der Waals surface area contributed by atoms with Crippen molar-refractivity contribution >= 4 is 23.1 Å². The van der Waals surface area contributed by atoms with Gasteiger partial charge in [-0.05, 0) is 23.4 Å². The molecule has 0 aliphatic heterocycles. The van der Waals surface area contributed by atoms with Gasteiger partial charge in [-0.3, -0.25) is 4.79 Å². The smallest absolute Gasteiger partial charge is 0.371 e. The van der Waals surface area contributed by atoms with E-state index in [4.69, 9.17) is 14.2 Å². The van der Waals surface area contributed by atoms with Gasteiger partial charge in [-0.1, -0.05) is 37.3 Å². The predicted molar refractivity (Wildman–Crippen MR) is 110 cm³/mol. The summed E-state index contributed by atoms with van der Waals surface area (Å²) < 4.78 is 16.7. The van der Waals surface area contributed by atoms with E-state index in [1.54, 1.807) is 23.6 Å². The van der Waals surface area contributed by atoms with Crippen molar-refractivity contribution in [2.45, 2.75) is 19.1 Å². The van der Waals surface area contributed by atoms with E-state index >= 15 is 0 Å². The zero-order chi connectivity index (χ0) is 20.6. The number of ether oxygens (including phenoxy) is 3. The van der Waals surface area contributed by atoms with Crippen molar-refractivity contribution < 1.29 is 23.8 Å². The molecule has 2 aromatic rings. The highest BCUT2D eigenvalue weighted by molar-refractivity contribution is 7.08. The Morgan fingerprint density at radius 3 is 2.32 bits per heavy atom. The standard InChI is InChI=1S/C22H24O5S/c1-5-12-26-22(21(24)25-4,27-13-6-2)19-16(7-3)9-8-10-18(19)20(23)17-11-14-28-15-17/h5-6,8-11,14-15H,1-2,7,12-13H2,3-4H3. The van der Waals surface area contributed by atoms with Crippen LogP contribution in [-0.2, 0) is 31.2 Å². The third kappa shape index (κ3) is 4.30. The number of ketones is 1. The van der Waals surface area contributed by atoms with Crippen LogP contribution in [0.2, 0.25) is 0 Å². The Morgan fingerprint density at radius 1 is 1.14 bits per heavy atom. The summed E-state index contributed by atoms with van der Waals surface area (Å²) in [7, 11) is 1.25. The molecule has 6 heteroatoms. The maximum Gasteiger partial charge on any atom is 0.371 e. The molecule has 0 fully saturated rings. The maximum atomic E-state index is 13.2. The average Bonchev–Trinajstić information content (AvgIpc) is 3.27. The van der Waals surface area contributed by atoms with Crippen molar-refractivity contribution in [1.82, 2.24) is 0 Å². The molecule has 5 nitrogen and oxygen atoms in total. The highest BCUT2D eigenvalue weighted by Gasteiger charge is 2.48. The third-order valence-electron chi connectivity index (χ3n) is 4.15. The van der Waals surface area contributed by atoms with Crippen molar-refractivity contribution in [3.63, 3.8) is 0 Å². The van der Waals surface area contributed by atoms with Crippen LogP contribution in [0.25, 0.3) is 0 Å². The van der Waals surface area contributed by atoms with Crippen LogP contribution in [0.15, 0.2) is 60.3 Å². The monoisotopic (exact) mass is 400 g/mol. The summed E-state index contributed by atoms with van der Waals surface area (Å²) in [6.07, 6.45) is 3.57. The second-order valence-electron chi connectivity index (χ2n) is 5.84. The fourth-order valence-corrected chi connectivity index (χ4v) is 3.55. The Kier molecular flexibility index (Phi) is 7.87. The normalized spacial score (nSPS) is 11.1. The first-order valence-electron chi connectivity index (χ1n) is 8.83. The van der Waals surface area contributed by atoms with Crippen LogP contribution in [0, 0.1) is 0 Å². The minimum absolute atomic E-state index is 0.0242. The van der Waals surface area contributed by atoms with Gasteiger partial charge >= 0.3 is 5.97 Å². The maximum absolute atomic E-state index is 13.2. The number of esters is 1. The van der Waals surface area contributed by atoms with Crippen LogP contribution >= 0.6 is 11.3 Å². The lowest BCUT2D eigenvalue weighted by Crippen LogP contribution is -2.45. The molecule has 1 aromatic carbocycles. The van der Waals surface area contributed by atoms with Gasteiger partial charge < -0.3 is 14.2 Å². The van der Waals surface area contributed by atoms with Crippen LogP contribution < -0.4 is 0 Å². The van der Waals surface area contributed by atoms with Crippen molar-refractivity contribution in [2.24, 2.45) is 0 Å². The molecule has 0 N–H and O–H groups in total. The molecule has 0 radical (unpaired) electrons. The highest BCUT2D eigenvalue weighted by Crippen LogP contribution is 2.36. The van der Waals surface area contributed by atoms with Crippen LogP contribution in [0.3, 0.4) is 0 Å². The zero-order valence-electron chi connectivity index (χ0n) is 16.1. The summed E-state index contributed by atoms with van der Waals surface area (Å²) in [5.74, 6) is -2.88. The number of rotatable bonds is 11. The van der Waals surface area contributed by atoms with Crippen LogP contribution in [0.4, 0.5) is 0 Å². The summed E-state index contributed by atoms with van der Waals surface area (Å²) in [6.45, 7) is 9.27. The molecule has 1 aromatic heterocycles. The number of hydrogen-bond acceptors (Lipinski definition) is 6. The first kappa shape index (κ1) is 21.8. The van der Waals surface area contributed by atoms with Gasteiger partial charge in [0.2, 0.25) is 0 Å². The lowest BCUT2D eigenvalue weighted by Gasteiger charge is -2.33. The van der Waals surface area contributed by atoms with E-state index in [9.17, 15) is 9.59 Å². The SMILES string of the molecule is C=CCOC(OCC=C)(C(=O)OC)c1c(CC)cccc1C(=O)c1ccsc1. The van der Waals surface area contributed by atoms with Crippen LogP contribution in [-0.4, -0.2) is 32.1 Å². The fourth-order valence-electron chi connectivity index (χ4n) is 2.91. The molecule has 0 bridgehead atoms. The second-order valence-corrected chi connectivity index (χ2v) is 6.62. The number of thiophene rings is 1. The molecule has 0 saturated carbocycles. The van der Waals surface area contributed by atoms with Gasteiger partial charge in [0.15, 0.2) is 5.78 Å². The highest BCUT2D eigenvalue weighted by atomic mass is 32.1. The predicted octanol–water partition coefficient (Wildman–Crippen LogP) is 4.27. The van der Waals surface area contributed by atoms with E-state index in [-0.39, 0.29) is 19.0 Å². The molecular formula is C22H24O5S. The minimum Gasteiger partial charge on any atom is -0.465 e. The van der Waals surface area contributed by atoms with Gasteiger partial charge in [0.05, 0.1) is 20.3 Å². The number of aryl methyl sites for hydroxylation is 1. The number of carbonyl (C=O) groups is 2. The summed E-state index contributed by atoms with van der Waals surface area (Å²) in [5.41, 5.74) is 1.96. The van der Waals surface area contributed by atoms with E-state index in [0.717, 1.165) is 5.56 Å². The molecule has 1 heterocycles. The molecule has 0 aliphatic carbocycles. The Labute approximate surface area is 169 Å². The fraction of sp³-hybridized carbons (Fsp3) is 0.273. The molecule has 0 amide bonds. The topological polar surface area (TPSA) is 61.8 Å². The van der Waals surface area contributed by atoms with E-state index < -0.39 is 11.8 Å². The molecule has 148 valence electrons. The first-order valence-corrected chi connectivity index (χ1v) is 9.77. The number of hydrogen-bond donors (Lipinski definition) is 0. The van der Waals surface area contributed by atoms with Gasteiger partial charge in [0, 0.05) is 22.1 Å². The largest absolute Gasteiger partial charge is 0.465 e. The van der Waals surface area contributed by atoms with Crippen molar-refractivity contribution in [1.29, 1.82) is 0 Å². The van der Waals surface area contributed by atoms with E-state index in [1.807, 2.05) is 18.4 Å². The summed E-state index contributed by atoms with van der Waals surface area (Å²) in [6, 6.07) is 7.03. The van der Waals surface area contributed by atoms with Gasteiger partial charge in [-0.25, -0.2) is 4.79 Å². The van der Waals surface area contributed by atoms with Crippen LogP contribution in [0.1, 0.15) is 34.0 Å². The van der Waals surface area contributed by atoms with Crippen molar-refractivity contribution in [3.05, 3.63) is 82.6 Å². The molecule has 28 heavy (non-hydrogen) atoms. The number of benzene rings is 1. The molecule has 0 spiro atoms. The van der Waals surface area contributed by atoms with Crippen molar-refractivity contribution in [3.8, 4) is 0 Å². The molecule has 0 atom stereocenters. The zero-order valence-corrected chi connectivity index (χ0v) is 16.9. The van der Waals surface area contributed by atoms with Gasteiger partial charge in [0.25, 0.3) is 5.79 Å². The lowest BCUT2D eigenvalue weighted by molar-refractivity contribution is -0.246. The first-order chi connectivity index (χ1) is 13.6. The number of carbonyl (C=O) groups excluding carboxylic acids is 2. The Morgan fingerprint density at radius 2 is 1.82 bits per heavy atom. The molecule has 0 aliphatic rings. The van der Waals surface area contributed by atoms with Gasteiger partial charge in [-0.15, -0.1) is 13.2 Å². The Bertz CT molecular complexity index is 827. The van der Waals surface area contributed by atoms with Crippen LogP contribution in [0.5, 0.6) is 0 Å². The molecule has 0 saturated heterocycles. The second kappa shape index (κ2) is 10.1. The summed E-state index contributed by atoms with van der Waals surface area (Å²) in [5, 5.41) is 3.59. The average molecular weight is 400 g/mol. The third-order valence-corrected chi connectivity index (χ3v) is 4.84. The van der Waals surface area contributed by atoms with E-state index in [1.165, 1.54) is 30.6 Å². The quantitative estimate of drug-likeness (QED) is 0.244. The molecule has 2 rings (SSSR count). The summed E-state index contributed by atoms with van der Waals surface area (Å²) in [4.78, 5) is 26.1. The van der Waals surface area contributed by atoms with Crippen molar-refractivity contribution in [2.75, 3.05) is 20.3 Å². The lowest BCUT2D eigenvalue weighted by atomic mass is 9.88. The molecular weight excluding hydrogens is 376 g/mol. The summed E-state index contributed by atoms with van der Waals surface area (Å²) >= 11 is 1.42. The minimum atomic E-state index is -1.91.